The molecule has 0 spiro atoms. The Morgan fingerprint density at radius 3 is 1.78 bits per heavy atom. The van der Waals surface area contributed by atoms with E-state index in [-0.39, 0.29) is 17.7 Å². The van der Waals surface area contributed by atoms with Gasteiger partial charge in [0.1, 0.15) is 17.1 Å². The number of hydrogen-bond acceptors (Lipinski definition) is 2. The Bertz CT molecular complexity index is 1140. The summed E-state index contributed by atoms with van der Waals surface area (Å²) >= 11 is 0. The number of alkyl halides is 4. The molecule has 0 aliphatic carbocycles. The molecular weight excluding hydrogens is 494 g/mol. The maximum atomic E-state index is 14.7. The molecule has 3 aromatic carbocycles. The molecule has 0 aromatic heterocycles. The lowest BCUT2D eigenvalue weighted by Gasteiger charge is -2.21. The molecule has 0 radical (unpaired) electrons. The molecule has 0 unspecified atom stereocenters. The molecule has 0 amide bonds. The van der Waals surface area contributed by atoms with E-state index in [1.54, 1.807) is 12.1 Å². The van der Waals surface area contributed by atoms with Gasteiger partial charge in [0.15, 0.2) is 11.6 Å². The number of benzene rings is 3. The third-order valence-corrected chi connectivity index (χ3v) is 5.92. The Morgan fingerprint density at radius 1 is 0.595 bits per heavy atom. The fraction of sp³-hybridized carbons (Fsp3) is 0.379. The first kappa shape index (κ1) is 28.4. The molecule has 0 saturated carbocycles. The van der Waals surface area contributed by atoms with E-state index in [2.05, 4.69) is 4.74 Å². The minimum atomic E-state index is -4.23. The fourth-order valence-corrected chi connectivity index (χ4v) is 3.89. The van der Waals surface area contributed by atoms with Gasteiger partial charge in [0.25, 0.3) is 0 Å². The summed E-state index contributed by atoms with van der Waals surface area (Å²) < 4.78 is 96.8. The lowest BCUT2D eigenvalue weighted by atomic mass is 10.0. The Balaban J connectivity index is 1.69. The molecule has 0 heterocycles. The zero-order valence-electron chi connectivity index (χ0n) is 20.8. The summed E-state index contributed by atoms with van der Waals surface area (Å²) in [7, 11) is 0. The number of aryl methyl sites for hydroxylation is 2. The van der Waals surface area contributed by atoms with Crippen LogP contribution in [0.3, 0.4) is 0 Å². The third-order valence-electron chi connectivity index (χ3n) is 5.92. The molecule has 0 N–H and O–H groups in total. The van der Waals surface area contributed by atoms with Crippen molar-refractivity contribution in [3.63, 3.8) is 0 Å². The molecule has 0 saturated heterocycles. The van der Waals surface area contributed by atoms with Crippen molar-refractivity contribution in [2.24, 2.45) is 0 Å². The average Bonchev–Trinajstić information content (AvgIpc) is 2.85. The van der Waals surface area contributed by atoms with Crippen LogP contribution in [0.4, 0.5) is 26.3 Å². The van der Waals surface area contributed by atoms with Gasteiger partial charge in [-0.3, -0.25) is 0 Å². The summed E-state index contributed by atoms with van der Waals surface area (Å²) in [4.78, 5) is 0. The summed E-state index contributed by atoms with van der Waals surface area (Å²) in [5.41, 5.74) is -0.865. The predicted octanol–water partition coefficient (Wildman–Crippen LogP) is 9.30. The molecule has 0 fully saturated rings. The van der Waals surface area contributed by atoms with E-state index in [0.29, 0.717) is 6.42 Å². The minimum absolute atomic E-state index is 0.0136. The van der Waals surface area contributed by atoms with Crippen molar-refractivity contribution in [3.05, 3.63) is 94.6 Å². The van der Waals surface area contributed by atoms with Crippen LogP contribution in [0, 0.1) is 11.6 Å². The van der Waals surface area contributed by atoms with Gasteiger partial charge in [0.05, 0.1) is 5.56 Å². The number of ether oxygens (including phenoxy) is 2. The van der Waals surface area contributed by atoms with Crippen LogP contribution in [0.25, 0.3) is 0 Å². The van der Waals surface area contributed by atoms with E-state index in [9.17, 15) is 26.3 Å². The first-order valence-corrected chi connectivity index (χ1v) is 12.4. The number of rotatable bonds is 13. The van der Waals surface area contributed by atoms with Crippen molar-refractivity contribution < 1.29 is 35.8 Å². The van der Waals surface area contributed by atoms with Crippen LogP contribution in [0.5, 0.6) is 11.5 Å². The normalized spacial score (nSPS) is 12.0. The monoisotopic (exact) mass is 524 g/mol. The van der Waals surface area contributed by atoms with Crippen LogP contribution in [-0.4, -0.2) is 0 Å². The molecule has 0 atom stereocenters. The second kappa shape index (κ2) is 12.4. The average molecular weight is 525 g/mol. The Kier molecular flexibility index (Phi) is 9.51. The second-order valence-corrected chi connectivity index (χ2v) is 8.87. The lowest BCUT2D eigenvalue weighted by Crippen LogP contribution is -2.25. The van der Waals surface area contributed by atoms with Crippen molar-refractivity contribution >= 4 is 0 Å². The van der Waals surface area contributed by atoms with E-state index >= 15 is 0 Å². The van der Waals surface area contributed by atoms with Crippen molar-refractivity contribution in [2.45, 2.75) is 71.0 Å². The topological polar surface area (TPSA) is 18.5 Å². The zero-order valence-corrected chi connectivity index (χ0v) is 20.8. The first-order chi connectivity index (χ1) is 17.6. The van der Waals surface area contributed by atoms with Gasteiger partial charge in [0.2, 0.25) is 0 Å². The maximum Gasteiger partial charge on any atom is 0.429 e. The molecular formula is C29H30F6O2. The molecule has 2 nitrogen and oxygen atoms in total. The second-order valence-electron chi connectivity index (χ2n) is 8.87. The summed E-state index contributed by atoms with van der Waals surface area (Å²) in [6.45, 7) is 4.01. The molecule has 37 heavy (non-hydrogen) atoms. The Morgan fingerprint density at radius 2 is 1.19 bits per heavy atom. The molecule has 0 bridgehead atoms. The highest BCUT2D eigenvalue weighted by atomic mass is 19.3. The van der Waals surface area contributed by atoms with Crippen LogP contribution in [0.2, 0.25) is 0 Å². The number of hydrogen-bond donors (Lipinski definition) is 0. The van der Waals surface area contributed by atoms with Crippen LogP contribution >= 0.6 is 0 Å². The van der Waals surface area contributed by atoms with Crippen LogP contribution in [0.1, 0.15) is 68.2 Å². The maximum absolute atomic E-state index is 14.7. The molecule has 0 aliphatic heterocycles. The van der Waals surface area contributed by atoms with Crippen molar-refractivity contribution in [2.75, 3.05) is 0 Å². The van der Waals surface area contributed by atoms with Crippen LogP contribution in [0.15, 0.2) is 60.7 Å². The fourth-order valence-electron chi connectivity index (χ4n) is 3.89. The van der Waals surface area contributed by atoms with Crippen molar-refractivity contribution in [3.8, 4) is 11.5 Å². The van der Waals surface area contributed by atoms with E-state index in [1.807, 2.05) is 13.8 Å². The molecule has 200 valence electrons. The minimum Gasteiger partial charge on any atom is -0.429 e. The van der Waals surface area contributed by atoms with E-state index in [0.717, 1.165) is 74.1 Å². The van der Waals surface area contributed by atoms with Gasteiger partial charge < -0.3 is 9.47 Å². The van der Waals surface area contributed by atoms with Gasteiger partial charge >= 0.3 is 12.2 Å². The molecule has 3 aromatic rings. The lowest BCUT2D eigenvalue weighted by molar-refractivity contribution is -0.188. The zero-order chi connectivity index (χ0) is 27.1. The molecule has 0 aliphatic rings. The SMILES string of the molecule is CCCCCCc1ccc(C(F)(F)Oc2ccc(C(F)(F)Oc3ccc(CCC)cc3)cc2)c(F)c1F. The highest BCUT2D eigenvalue weighted by molar-refractivity contribution is 5.34. The van der Waals surface area contributed by atoms with Crippen molar-refractivity contribution in [1.29, 1.82) is 0 Å². The molecule has 3 rings (SSSR count). The predicted molar refractivity (Wildman–Crippen MR) is 130 cm³/mol. The van der Waals surface area contributed by atoms with Crippen molar-refractivity contribution in [1.82, 2.24) is 0 Å². The van der Waals surface area contributed by atoms with Gasteiger partial charge in [-0.05, 0) is 72.9 Å². The largest absolute Gasteiger partial charge is 0.429 e. The summed E-state index contributed by atoms with van der Waals surface area (Å²) in [5.74, 6) is -3.59. The highest BCUT2D eigenvalue weighted by Crippen LogP contribution is 2.37. The van der Waals surface area contributed by atoms with Gasteiger partial charge in [0, 0.05) is 0 Å². The number of unbranched alkanes of at least 4 members (excludes halogenated alkanes) is 3. The smallest absolute Gasteiger partial charge is 0.429 e. The Labute approximate surface area is 213 Å². The first-order valence-electron chi connectivity index (χ1n) is 12.4. The highest BCUT2D eigenvalue weighted by Gasteiger charge is 2.40. The quantitative estimate of drug-likeness (QED) is 0.164. The summed E-state index contributed by atoms with van der Waals surface area (Å²) in [6.07, 6.45) is -2.67. The van der Waals surface area contributed by atoms with E-state index in [4.69, 9.17) is 4.74 Å². The standard InChI is InChI=1S/C29H30F6O2/c1-3-5-6-7-9-21-12-19-25(27(31)26(21)30)29(34,35)37-24-17-13-22(14-18-24)28(32,33)36-23-15-10-20(8-4-2)11-16-23/h10-19H,3-9H2,1-2H3. The van der Waals surface area contributed by atoms with Crippen LogP contribution in [-0.2, 0) is 25.1 Å². The summed E-state index contributed by atoms with van der Waals surface area (Å²) in [5, 5.41) is 0. The van der Waals surface area contributed by atoms with E-state index in [1.165, 1.54) is 12.1 Å². The third kappa shape index (κ3) is 7.43. The van der Waals surface area contributed by atoms with E-state index < -0.39 is 40.7 Å². The van der Waals surface area contributed by atoms with Gasteiger partial charge in [-0.2, -0.15) is 17.6 Å². The van der Waals surface area contributed by atoms with Gasteiger partial charge in [-0.25, -0.2) is 8.78 Å². The van der Waals surface area contributed by atoms with Gasteiger partial charge in [-0.1, -0.05) is 57.7 Å². The molecule has 8 heteroatoms. The Hall–Kier alpha value is -3.16. The van der Waals surface area contributed by atoms with Crippen LogP contribution < -0.4 is 9.47 Å². The van der Waals surface area contributed by atoms with Gasteiger partial charge in [-0.15, -0.1) is 0 Å². The summed E-state index contributed by atoms with van der Waals surface area (Å²) in [6, 6.07) is 11.7. The number of halogens is 6.